The summed E-state index contributed by atoms with van der Waals surface area (Å²) in [7, 11) is 2.09. The molecular weight excluding hydrogens is 212 g/mol. The molecule has 0 aromatic rings. The van der Waals surface area contributed by atoms with Gasteiger partial charge < -0.3 is 4.90 Å². The van der Waals surface area contributed by atoms with Crippen LogP contribution in [-0.2, 0) is 4.79 Å². The first kappa shape index (κ1) is 14.5. The Balaban J connectivity index is 3.06. The van der Waals surface area contributed by atoms with Crippen molar-refractivity contribution in [3.8, 4) is 0 Å². The lowest BCUT2D eigenvalue weighted by Crippen LogP contribution is -2.52. The van der Waals surface area contributed by atoms with Crippen LogP contribution in [0, 0.1) is 0 Å². The Kier molecular flexibility index (Phi) is 4.23. The molecule has 3 heteroatoms. The second-order valence-electron chi connectivity index (χ2n) is 5.57. The van der Waals surface area contributed by atoms with Crippen LogP contribution in [0.5, 0.6) is 0 Å². The normalized spacial score (nSPS) is 34.7. The smallest absolute Gasteiger partial charge is 0.244 e. The van der Waals surface area contributed by atoms with Crippen molar-refractivity contribution in [1.29, 1.82) is 0 Å². The summed E-state index contributed by atoms with van der Waals surface area (Å²) in [5.41, 5.74) is -0.435. The van der Waals surface area contributed by atoms with E-state index in [0.29, 0.717) is 5.91 Å². The zero-order valence-electron chi connectivity index (χ0n) is 12.3. The van der Waals surface area contributed by atoms with Gasteiger partial charge in [-0.3, -0.25) is 9.69 Å². The van der Waals surface area contributed by atoms with Crippen molar-refractivity contribution in [3.05, 3.63) is 0 Å². The van der Waals surface area contributed by atoms with E-state index in [-0.39, 0.29) is 11.2 Å². The third kappa shape index (κ3) is 1.99. The van der Waals surface area contributed by atoms with Crippen molar-refractivity contribution in [2.45, 2.75) is 71.5 Å². The lowest BCUT2D eigenvalue weighted by molar-refractivity contribution is -0.134. The molecule has 1 saturated heterocycles. The van der Waals surface area contributed by atoms with Gasteiger partial charge in [-0.15, -0.1) is 0 Å². The molecule has 0 aromatic heterocycles. The fourth-order valence-corrected chi connectivity index (χ4v) is 2.84. The first-order valence-corrected chi connectivity index (χ1v) is 6.94. The summed E-state index contributed by atoms with van der Waals surface area (Å²) >= 11 is 0. The van der Waals surface area contributed by atoms with E-state index in [1.165, 1.54) is 0 Å². The summed E-state index contributed by atoms with van der Waals surface area (Å²) in [6, 6.07) is 0. The van der Waals surface area contributed by atoms with E-state index in [0.717, 1.165) is 32.2 Å². The molecule has 1 heterocycles. The van der Waals surface area contributed by atoms with Crippen LogP contribution in [0.2, 0.25) is 0 Å². The minimum absolute atomic E-state index is 0.114. The molecule has 1 fully saturated rings. The maximum absolute atomic E-state index is 12.6. The predicted molar refractivity (Wildman–Crippen MR) is 71.8 cm³/mol. The van der Waals surface area contributed by atoms with Crippen molar-refractivity contribution >= 4 is 5.91 Å². The topological polar surface area (TPSA) is 23.6 Å². The highest BCUT2D eigenvalue weighted by Gasteiger charge is 2.56. The lowest BCUT2D eigenvalue weighted by Gasteiger charge is -2.41. The standard InChI is InChI=1S/C14H28N2O/c1-7-10-11-16-12(17)13(4,8-2)15(6)14(16,5)9-3/h7-11H2,1-6H3. The first-order chi connectivity index (χ1) is 7.88. The molecule has 1 rings (SSSR count). The second kappa shape index (κ2) is 4.97. The molecule has 1 amide bonds. The molecule has 0 N–H and O–H groups in total. The third-order valence-corrected chi connectivity index (χ3v) is 4.84. The highest BCUT2D eigenvalue weighted by molar-refractivity contribution is 5.89. The van der Waals surface area contributed by atoms with Crippen LogP contribution >= 0.6 is 0 Å². The molecule has 0 saturated carbocycles. The van der Waals surface area contributed by atoms with Crippen molar-refractivity contribution < 1.29 is 4.79 Å². The van der Waals surface area contributed by atoms with Crippen LogP contribution in [0.1, 0.15) is 60.3 Å². The molecule has 17 heavy (non-hydrogen) atoms. The van der Waals surface area contributed by atoms with Gasteiger partial charge in [0.15, 0.2) is 0 Å². The molecule has 100 valence electrons. The van der Waals surface area contributed by atoms with Gasteiger partial charge in [0, 0.05) is 6.54 Å². The van der Waals surface area contributed by atoms with Gasteiger partial charge in [-0.25, -0.2) is 0 Å². The molecule has 1 aliphatic rings. The third-order valence-electron chi connectivity index (χ3n) is 4.84. The van der Waals surface area contributed by atoms with E-state index >= 15 is 0 Å². The van der Waals surface area contributed by atoms with Gasteiger partial charge in [0.05, 0.1) is 11.2 Å². The maximum atomic E-state index is 12.6. The van der Waals surface area contributed by atoms with Gasteiger partial charge in [0.1, 0.15) is 0 Å². The van der Waals surface area contributed by atoms with Gasteiger partial charge in [-0.05, 0) is 40.2 Å². The monoisotopic (exact) mass is 240 g/mol. The summed E-state index contributed by atoms with van der Waals surface area (Å²) in [5, 5.41) is 0. The van der Waals surface area contributed by atoms with Crippen LogP contribution in [0.15, 0.2) is 0 Å². The van der Waals surface area contributed by atoms with Crippen molar-refractivity contribution in [2.24, 2.45) is 0 Å². The minimum atomic E-state index is -0.321. The van der Waals surface area contributed by atoms with Gasteiger partial charge >= 0.3 is 0 Å². The summed E-state index contributed by atoms with van der Waals surface area (Å²) < 4.78 is 0. The number of likely N-dealkylation sites (N-methyl/N-ethyl adjacent to an activating group) is 1. The van der Waals surface area contributed by atoms with Gasteiger partial charge in [-0.2, -0.15) is 0 Å². The molecular formula is C14H28N2O. The Bertz CT molecular complexity index is 292. The number of rotatable bonds is 5. The van der Waals surface area contributed by atoms with Crippen LogP contribution < -0.4 is 0 Å². The Morgan fingerprint density at radius 3 is 2.12 bits per heavy atom. The number of nitrogens with zero attached hydrogens (tertiary/aromatic N) is 2. The van der Waals surface area contributed by atoms with E-state index < -0.39 is 0 Å². The van der Waals surface area contributed by atoms with Crippen LogP contribution in [0.25, 0.3) is 0 Å². The minimum Gasteiger partial charge on any atom is -0.323 e. The number of hydrogen-bond acceptors (Lipinski definition) is 2. The molecule has 0 spiro atoms. The summed E-state index contributed by atoms with van der Waals surface area (Å²) in [4.78, 5) is 17.0. The molecule has 1 aliphatic heterocycles. The van der Waals surface area contributed by atoms with E-state index in [9.17, 15) is 4.79 Å². The Hall–Kier alpha value is -0.570. The largest absolute Gasteiger partial charge is 0.323 e. The zero-order valence-corrected chi connectivity index (χ0v) is 12.3. The van der Waals surface area contributed by atoms with Crippen molar-refractivity contribution in [3.63, 3.8) is 0 Å². The van der Waals surface area contributed by atoms with E-state index in [1.807, 2.05) is 0 Å². The fraction of sp³-hybridized carbons (Fsp3) is 0.929. The fourth-order valence-electron chi connectivity index (χ4n) is 2.84. The van der Waals surface area contributed by atoms with E-state index in [2.05, 4.69) is 51.5 Å². The summed E-state index contributed by atoms with van der Waals surface area (Å²) in [6.07, 6.45) is 4.08. The lowest BCUT2D eigenvalue weighted by atomic mass is 9.96. The highest BCUT2D eigenvalue weighted by atomic mass is 16.2. The Labute approximate surface area is 106 Å². The number of unbranched alkanes of at least 4 members (excludes halogenated alkanes) is 1. The number of amides is 1. The summed E-state index contributed by atoms with van der Waals surface area (Å²) in [5.74, 6) is 0.306. The molecule has 2 unspecified atom stereocenters. The number of carbonyl (C=O) groups excluding carboxylic acids is 1. The van der Waals surface area contributed by atoms with Crippen molar-refractivity contribution in [2.75, 3.05) is 13.6 Å². The quantitative estimate of drug-likeness (QED) is 0.738. The average Bonchev–Trinajstić information content (AvgIpc) is 2.48. The Morgan fingerprint density at radius 2 is 1.71 bits per heavy atom. The summed E-state index contributed by atoms with van der Waals surface area (Å²) in [6.45, 7) is 11.6. The van der Waals surface area contributed by atoms with Crippen molar-refractivity contribution in [1.82, 2.24) is 9.80 Å². The molecule has 0 aliphatic carbocycles. The van der Waals surface area contributed by atoms with Gasteiger partial charge in [-0.1, -0.05) is 27.2 Å². The van der Waals surface area contributed by atoms with Gasteiger partial charge in [0.25, 0.3) is 0 Å². The van der Waals surface area contributed by atoms with E-state index in [1.54, 1.807) is 0 Å². The Morgan fingerprint density at radius 1 is 1.12 bits per heavy atom. The molecule has 2 atom stereocenters. The molecule has 0 bridgehead atoms. The van der Waals surface area contributed by atoms with Gasteiger partial charge in [0.2, 0.25) is 5.91 Å². The number of hydrogen-bond donors (Lipinski definition) is 0. The molecule has 0 radical (unpaired) electrons. The molecule has 0 aromatic carbocycles. The van der Waals surface area contributed by atoms with Crippen LogP contribution in [0.4, 0.5) is 0 Å². The average molecular weight is 240 g/mol. The van der Waals surface area contributed by atoms with Crippen LogP contribution in [0.3, 0.4) is 0 Å². The zero-order chi connectivity index (χ0) is 13.3. The molecule has 3 nitrogen and oxygen atoms in total. The number of carbonyl (C=O) groups is 1. The highest BCUT2D eigenvalue weighted by Crippen LogP contribution is 2.40. The van der Waals surface area contributed by atoms with Crippen LogP contribution in [-0.4, -0.2) is 40.5 Å². The second-order valence-corrected chi connectivity index (χ2v) is 5.57. The maximum Gasteiger partial charge on any atom is 0.244 e. The van der Waals surface area contributed by atoms with E-state index in [4.69, 9.17) is 0 Å². The SMILES string of the molecule is CCCCN1C(=O)C(C)(CC)N(C)C1(C)CC. The predicted octanol–water partition coefficient (Wildman–Crippen LogP) is 2.86. The first-order valence-electron chi connectivity index (χ1n) is 6.94.